The number of nitrogens with zero attached hydrogens (tertiary/aromatic N) is 1. The standard InChI is InChI=1S/C20H17FN2O7/c1-12(20(25)22-10-13-2-5-15(21)6-3-13)30-19(24)7-4-14-8-17-18(29-11-28-17)9-16(14)23(26)27/h2-9,12H,10-11H2,1H3,(H,22,25)/b7-4+/t12-/m0/s1. The summed E-state index contributed by atoms with van der Waals surface area (Å²) in [4.78, 5) is 34.7. The van der Waals surface area contributed by atoms with Crippen LogP contribution in [0.5, 0.6) is 11.5 Å². The molecule has 0 saturated heterocycles. The number of amides is 1. The van der Waals surface area contributed by atoms with E-state index in [1.54, 1.807) is 0 Å². The zero-order chi connectivity index (χ0) is 21.7. The fraction of sp³-hybridized carbons (Fsp3) is 0.200. The average molecular weight is 416 g/mol. The molecule has 0 spiro atoms. The summed E-state index contributed by atoms with van der Waals surface area (Å²) in [6.07, 6.45) is 1.08. The normalized spacial score (nSPS) is 13.1. The highest BCUT2D eigenvalue weighted by atomic mass is 19.1. The molecule has 0 radical (unpaired) electrons. The predicted octanol–water partition coefficient (Wildman–Crippen LogP) is 2.72. The van der Waals surface area contributed by atoms with Crippen LogP contribution in [-0.4, -0.2) is 29.7 Å². The first kappa shape index (κ1) is 20.8. The fourth-order valence-corrected chi connectivity index (χ4v) is 2.60. The Bertz CT molecular complexity index is 1000. The van der Waals surface area contributed by atoms with Crippen LogP contribution < -0.4 is 14.8 Å². The number of fused-ring (bicyclic) bond motifs is 1. The molecule has 0 saturated carbocycles. The van der Waals surface area contributed by atoms with Crippen LogP contribution in [0.1, 0.15) is 18.1 Å². The Morgan fingerprint density at radius 2 is 1.93 bits per heavy atom. The number of halogens is 1. The molecule has 2 aromatic rings. The number of ether oxygens (including phenoxy) is 3. The highest BCUT2D eigenvalue weighted by molar-refractivity contribution is 5.91. The van der Waals surface area contributed by atoms with Gasteiger partial charge in [-0.05, 0) is 36.8 Å². The summed E-state index contributed by atoms with van der Waals surface area (Å²) in [7, 11) is 0. The van der Waals surface area contributed by atoms with Gasteiger partial charge in [0, 0.05) is 12.6 Å². The van der Waals surface area contributed by atoms with Gasteiger partial charge >= 0.3 is 5.97 Å². The number of carbonyl (C=O) groups is 2. The highest BCUT2D eigenvalue weighted by Gasteiger charge is 2.22. The summed E-state index contributed by atoms with van der Waals surface area (Å²) < 4.78 is 28.2. The molecule has 1 aliphatic rings. The maximum Gasteiger partial charge on any atom is 0.331 e. The topological polar surface area (TPSA) is 117 Å². The maximum absolute atomic E-state index is 12.9. The van der Waals surface area contributed by atoms with E-state index in [9.17, 15) is 24.1 Å². The minimum Gasteiger partial charge on any atom is -0.454 e. The molecule has 30 heavy (non-hydrogen) atoms. The van der Waals surface area contributed by atoms with Crippen LogP contribution in [0.15, 0.2) is 42.5 Å². The number of nitro groups is 1. The summed E-state index contributed by atoms with van der Waals surface area (Å²) in [6, 6.07) is 8.17. The van der Waals surface area contributed by atoms with Gasteiger partial charge in [-0.1, -0.05) is 12.1 Å². The quantitative estimate of drug-likeness (QED) is 0.319. The van der Waals surface area contributed by atoms with E-state index >= 15 is 0 Å². The maximum atomic E-state index is 12.9. The lowest BCUT2D eigenvalue weighted by molar-refractivity contribution is -0.385. The van der Waals surface area contributed by atoms with Gasteiger partial charge in [0.1, 0.15) is 5.82 Å². The van der Waals surface area contributed by atoms with Crippen molar-refractivity contribution in [1.29, 1.82) is 0 Å². The molecule has 1 N–H and O–H groups in total. The molecule has 0 aromatic heterocycles. The SMILES string of the molecule is C[C@H](OC(=O)/C=C/c1cc2c(cc1[N+](=O)[O-])OCO2)C(=O)NCc1ccc(F)cc1. The van der Waals surface area contributed by atoms with Crippen molar-refractivity contribution in [2.45, 2.75) is 19.6 Å². The average Bonchev–Trinajstić information content (AvgIpc) is 3.18. The van der Waals surface area contributed by atoms with Crippen molar-refractivity contribution >= 4 is 23.6 Å². The summed E-state index contributed by atoms with van der Waals surface area (Å²) in [5.74, 6) is -1.22. The van der Waals surface area contributed by atoms with Gasteiger partial charge in [-0.3, -0.25) is 14.9 Å². The molecule has 1 aliphatic heterocycles. The number of esters is 1. The Hall–Kier alpha value is -3.95. The van der Waals surface area contributed by atoms with Crippen LogP contribution >= 0.6 is 0 Å². The molecule has 1 atom stereocenters. The van der Waals surface area contributed by atoms with Gasteiger partial charge in [0.05, 0.1) is 16.6 Å². The Morgan fingerprint density at radius 3 is 2.60 bits per heavy atom. The monoisotopic (exact) mass is 416 g/mol. The van der Waals surface area contributed by atoms with E-state index in [2.05, 4.69) is 5.32 Å². The lowest BCUT2D eigenvalue weighted by Crippen LogP contribution is -2.35. The first-order chi connectivity index (χ1) is 14.3. The van der Waals surface area contributed by atoms with E-state index in [1.165, 1.54) is 49.4 Å². The van der Waals surface area contributed by atoms with Gasteiger partial charge in [0.15, 0.2) is 17.6 Å². The third-order valence-corrected chi connectivity index (χ3v) is 4.16. The minimum atomic E-state index is -1.10. The van der Waals surface area contributed by atoms with Gasteiger partial charge in [0.2, 0.25) is 6.79 Å². The van der Waals surface area contributed by atoms with Crippen LogP contribution in [0.2, 0.25) is 0 Å². The van der Waals surface area contributed by atoms with E-state index in [-0.39, 0.29) is 36.2 Å². The lowest BCUT2D eigenvalue weighted by Gasteiger charge is -2.12. The first-order valence-corrected chi connectivity index (χ1v) is 8.82. The van der Waals surface area contributed by atoms with Gasteiger partial charge in [-0.15, -0.1) is 0 Å². The van der Waals surface area contributed by atoms with E-state index in [0.717, 1.165) is 6.08 Å². The summed E-state index contributed by atoms with van der Waals surface area (Å²) in [6.45, 7) is 1.47. The summed E-state index contributed by atoms with van der Waals surface area (Å²) in [5.41, 5.74) is 0.529. The smallest absolute Gasteiger partial charge is 0.331 e. The molecule has 0 fully saturated rings. The number of rotatable bonds is 7. The Kier molecular flexibility index (Phi) is 6.26. The van der Waals surface area contributed by atoms with E-state index in [0.29, 0.717) is 11.3 Å². The number of benzene rings is 2. The van der Waals surface area contributed by atoms with E-state index in [4.69, 9.17) is 14.2 Å². The molecular weight excluding hydrogens is 399 g/mol. The summed E-state index contributed by atoms with van der Waals surface area (Å²) in [5, 5.41) is 13.8. The van der Waals surface area contributed by atoms with Gasteiger partial charge in [0.25, 0.3) is 11.6 Å². The van der Waals surface area contributed by atoms with Crippen molar-refractivity contribution in [3.63, 3.8) is 0 Å². The van der Waals surface area contributed by atoms with E-state index < -0.39 is 22.9 Å². The van der Waals surface area contributed by atoms with Crippen molar-refractivity contribution in [2.24, 2.45) is 0 Å². The van der Waals surface area contributed by atoms with Crippen molar-refractivity contribution in [2.75, 3.05) is 6.79 Å². The number of carbonyl (C=O) groups excluding carboxylic acids is 2. The van der Waals surface area contributed by atoms with Crippen LogP contribution in [0.3, 0.4) is 0 Å². The Balaban J connectivity index is 1.58. The van der Waals surface area contributed by atoms with Gasteiger partial charge in [-0.25, -0.2) is 9.18 Å². The Labute approximate surface area is 170 Å². The summed E-state index contributed by atoms with van der Waals surface area (Å²) >= 11 is 0. The second kappa shape index (κ2) is 9.03. The van der Waals surface area contributed by atoms with Crippen molar-refractivity contribution in [3.05, 3.63) is 69.5 Å². The molecule has 3 rings (SSSR count). The molecule has 0 unspecified atom stereocenters. The van der Waals surface area contributed by atoms with Crippen molar-refractivity contribution in [1.82, 2.24) is 5.32 Å². The molecular formula is C20H17FN2O7. The number of hydrogen-bond acceptors (Lipinski definition) is 7. The van der Waals surface area contributed by atoms with Crippen LogP contribution in [-0.2, 0) is 20.9 Å². The second-order valence-corrected chi connectivity index (χ2v) is 6.28. The third kappa shape index (κ3) is 5.10. The molecule has 156 valence electrons. The molecule has 2 aromatic carbocycles. The van der Waals surface area contributed by atoms with Crippen LogP contribution in [0, 0.1) is 15.9 Å². The molecule has 1 heterocycles. The minimum absolute atomic E-state index is 0.0494. The van der Waals surface area contributed by atoms with Crippen molar-refractivity contribution in [3.8, 4) is 11.5 Å². The Morgan fingerprint density at radius 1 is 1.27 bits per heavy atom. The number of nitrogens with one attached hydrogen (secondary N) is 1. The third-order valence-electron chi connectivity index (χ3n) is 4.16. The highest BCUT2D eigenvalue weighted by Crippen LogP contribution is 2.38. The number of nitro benzene ring substituents is 1. The molecule has 10 heteroatoms. The van der Waals surface area contributed by atoms with Gasteiger partial charge < -0.3 is 19.5 Å². The zero-order valence-electron chi connectivity index (χ0n) is 15.8. The number of hydrogen-bond donors (Lipinski definition) is 1. The van der Waals surface area contributed by atoms with Crippen LogP contribution in [0.25, 0.3) is 6.08 Å². The predicted molar refractivity (Wildman–Crippen MR) is 102 cm³/mol. The van der Waals surface area contributed by atoms with Crippen LogP contribution in [0.4, 0.5) is 10.1 Å². The molecule has 1 amide bonds. The van der Waals surface area contributed by atoms with Gasteiger partial charge in [-0.2, -0.15) is 0 Å². The van der Waals surface area contributed by atoms with Crippen molar-refractivity contribution < 1.29 is 33.1 Å². The lowest BCUT2D eigenvalue weighted by atomic mass is 10.1. The fourth-order valence-electron chi connectivity index (χ4n) is 2.60. The largest absolute Gasteiger partial charge is 0.454 e. The molecule has 0 aliphatic carbocycles. The molecule has 9 nitrogen and oxygen atoms in total. The first-order valence-electron chi connectivity index (χ1n) is 8.82. The van der Waals surface area contributed by atoms with E-state index in [1.807, 2.05) is 0 Å². The second-order valence-electron chi connectivity index (χ2n) is 6.28. The zero-order valence-corrected chi connectivity index (χ0v) is 15.8. The molecule has 0 bridgehead atoms.